The first-order valence-electron chi connectivity index (χ1n) is 6.15. The fraction of sp³-hybridized carbons (Fsp3) is 0.214. The van der Waals surface area contributed by atoms with Gasteiger partial charge in [0.25, 0.3) is 0 Å². The molecular formula is C14H16ClN5. The zero-order chi connectivity index (χ0) is 14.5. The van der Waals surface area contributed by atoms with E-state index in [9.17, 15) is 0 Å². The maximum atomic E-state index is 5.59. The van der Waals surface area contributed by atoms with Gasteiger partial charge in [-0.1, -0.05) is 0 Å². The number of nitrogens with zero attached hydrogens (tertiary/aromatic N) is 3. The first-order chi connectivity index (χ1) is 9.56. The van der Waals surface area contributed by atoms with Crippen LogP contribution in [0.1, 0.15) is 11.4 Å². The number of aryl methyl sites for hydroxylation is 2. The third kappa shape index (κ3) is 3.93. The van der Waals surface area contributed by atoms with Crippen LogP contribution in [-0.4, -0.2) is 21.7 Å². The molecular weight excluding hydrogens is 274 g/mol. The topological polar surface area (TPSA) is 76.2 Å². The van der Waals surface area contributed by atoms with E-state index in [1.165, 1.54) is 0 Å². The average molecular weight is 290 g/mol. The highest BCUT2D eigenvalue weighted by Gasteiger charge is 2.00. The van der Waals surface area contributed by atoms with Gasteiger partial charge in [0.1, 0.15) is 5.84 Å². The Hall–Kier alpha value is -2.14. The van der Waals surface area contributed by atoms with Crippen molar-refractivity contribution in [1.82, 2.24) is 9.97 Å². The van der Waals surface area contributed by atoms with Crippen LogP contribution in [0.2, 0.25) is 0 Å². The average Bonchev–Trinajstić information content (AvgIpc) is 2.39. The molecule has 0 saturated heterocycles. The molecule has 0 spiro atoms. The van der Waals surface area contributed by atoms with Gasteiger partial charge in [0, 0.05) is 17.1 Å². The summed E-state index contributed by atoms with van der Waals surface area (Å²) in [7, 11) is 0. The standard InChI is InChI=1S/C14H16ClN5/c1-9-7-10(2)18-14(17-9)20-12-5-3-11(4-6-12)19-13(16)8-15/h3-7H,8H2,1-2H3,(H2,16,19)(H,17,18,20). The number of nitrogens with two attached hydrogens (primary N) is 1. The van der Waals surface area contributed by atoms with Crippen LogP contribution in [-0.2, 0) is 0 Å². The van der Waals surface area contributed by atoms with E-state index < -0.39 is 0 Å². The van der Waals surface area contributed by atoms with E-state index in [1.54, 1.807) is 0 Å². The van der Waals surface area contributed by atoms with E-state index in [0.717, 1.165) is 22.8 Å². The highest BCUT2D eigenvalue weighted by atomic mass is 35.5. The van der Waals surface area contributed by atoms with Gasteiger partial charge in [-0.15, -0.1) is 11.6 Å². The fourth-order valence-electron chi connectivity index (χ4n) is 1.73. The minimum atomic E-state index is 0.219. The monoisotopic (exact) mass is 289 g/mol. The summed E-state index contributed by atoms with van der Waals surface area (Å²) < 4.78 is 0. The summed E-state index contributed by atoms with van der Waals surface area (Å²) in [5, 5.41) is 3.15. The molecule has 20 heavy (non-hydrogen) atoms. The van der Waals surface area contributed by atoms with Crippen LogP contribution >= 0.6 is 11.6 Å². The quantitative estimate of drug-likeness (QED) is 0.515. The number of aliphatic imine (C=N–C) groups is 1. The molecule has 1 aromatic heterocycles. The molecule has 5 nitrogen and oxygen atoms in total. The molecule has 0 aliphatic rings. The van der Waals surface area contributed by atoms with Crippen LogP contribution in [0.5, 0.6) is 0 Å². The summed E-state index contributed by atoms with van der Waals surface area (Å²) in [5.41, 5.74) is 9.08. The van der Waals surface area contributed by atoms with Crippen molar-refractivity contribution in [3.8, 4) is 0 Å². The second kappa shape index (κ2) is 6.34. The Balaban J connectivity index is 2.14. The Morgan fingerprint density at radius 1 is 1.20 bits per heavy atom. The lowest BCUT2D eigenvalue weighted by Crippen LogP contribution is -2.12. The lowest BCUT2D eigenvalue weighted by atomic mass is 10.3. The van der Waals surface area contributed by atoms with Gasteiger partial charge in [-0.3, -0.25) is 0 Å². The van der Waals surface area contributed by atoms with Crippen molar-refractivity contribution < 1.29 is 0 Å². The van der Waals surface area contributed by atoms with Crippen molar-refractivity contribution in [2.75, 3.05) is 11.2 Å². The molecule has 0 unspecified atom stereocenters. The SMILES string of the molecule is Cc1cc(C)nc(Nc2ccc(N=C(N)CCl)cc2)n1. The highest BCUT2D eigenvalue weighted by Crippen LogP contribution is 2.19. The summed E-state index contributed by atoms with van der Waals surface area (Å²) in [6.07, 6.45) is 0. The molecule has 0 aliphatic heterocycles. The summed E-state index contributed by atoms with van der Waals surface area (Å²) in [6, 6.07) is 9.41. The van der Waals surface area contributed by atoms with Gasteiger partial charge in [-0.25, -0.2) is 15.0 Å². The second-order valence-electron chi connectivity index (χ2n) is 4.38. The Morgan fingerprint density at radius 2 is 1.80 bits per heavy atom. The molecule has 1 aromatic carbocycles. The van der Waals surface area contributed by atoms with E-state index in [1.807, 2.05) is 44.2 Å². The van der Waals surface area contributed by atoms with Crippen LogP contribution < -0.4 is 11.1 Å². The van der Waals surface area contributed by atoms with Gasteiger partial charge in [-0.2, -0.15) is 0 Å². The number of hydrogen-bond donors (Lipinski definition) is 2. The van der Waals surface area contributed by atoms with Gasteiger partial charge in [-0.05, 0) is 44.2 Å². The number of nitrogens with one attached hydrogen (secondary N) is 1. The zero-order valence-electron chi connectivity index (χ0n) is 11.4. The molecule has 0 amide bonds. The summed E-state index contributed by atoms with van der Waals surface area (Å²) >= 11 is 5.59. The first-order valence-corrected chi connectivity index (χ1v) is 6.68. The smallest absolute Gasteiger partial charge is 0.227 e. The van der Waals surface area contributed by atoms with Crippen molar-refractivity contribution in [2.24, 2.45) is 10.7 Å². The van der Waals surface area contributed by atoms with Crippen LogP contribution in [0.15, 0.2) is 35.3 Å². The maximum absolute atomic E-state index is 5.59. The first kappa shape index (κ1) is 14.3. The van der Waals surface area contributed by atoms with E-state index >= 15 is 0 Å². The van der Waals surface area contributed by atoms with Crippen molar-refractivity contribution in [1.29, 1.82) is 0 Å². The van der Waals surface area contributed by atoms with Crippen LogP contribution in [0.3, 0.4) is 0 Å². The minimum Gasteiger partial charge on any atom is -0.386 e. The van der Waals surface area contributed by atoms with E-state index in [0.29, 0.717) is 11.8 Å². The Bertz CT molecular complexity index is 602. The van der Waals surface area contributed by atoms with Crippen molar-refractivity contribution >= 4 is 34.8 Å². The number of alkyl halides is 1. The number of hydrogen-bond acceptors (Lipinski definition) is 4. The van der Waals surface area contributed by atoms with E-state index in [4.69, 9.17) is 17.3 Å². The minimum absolute atomic E-state index is 0.219. The second-order valence-corrected chi connectivity index (χ2v) is 4.65. The van der Waals surface area contributed by atoms with Crippen LogP contribution in [0.25, 0.3) is 0 Å². The highest BCUT2D eigenvalue weighted by molar-refractivity contribution is 6.28. The molecule has 0 radical (unpaired) electrons. The van der Waals surface area contributed by atoms with E-state index in [-0.39, 0.29) is 5.88 Å². The molecule has 6 heteroatoms. The Kier molecular flexibility index (Phi) is 4.53. The molecule has 2 rings (SSSR count). The lowest BCUT2D eigenvalue weighted by Gasteiger charge is -2.06. The molecule has 2 aromatic rings. The van der Waals surface area contributed by atoms with Crippen LogP contribution in [0, 0.1) is 13.8 Å². The number of halogens is 1. The third-order valence-electron chi connectivity index (χ3n) is 2.52. The number of anilines is 2. The summed E-state index contributed by atoms with van der Waals surface area (Å²) in [4.78, 5) is 12.8. The normalized spacial score (nSPS) is 11.4. The lowest BCUT2D eigenvalue weighted by molar-refractivity contribution is 1.06. The fourth-order valence-corrected chi connectivity index (χ4v) is 1.79. The largest absolute Gasteiger partial charge is 0.386 e. The van der Waals surface area contributed by atoms with Crippen LogP contribution in [0.4, 0.5) is 17.3 Å². The zero-order valence-corrected chi connectivity index (χ0v) is 12.1. The van der Waals surface area contributed by atoms with Gasteiger partial charge in [0.05, 0.1) is 11.6 Å². The van der Waals surface area contributed by atoms with Gasteiger partial charge >= 0.3 is 0 Å². The molecule has 0 saturated carbocycles. The van der Waals surface area contributed by atoms with E-state index in [2.05, 4.69) is 20.3 Å². The third-order valence-corrected chi connectivity index (χ3v) is 2.79. The van der Waals surface area contributed by atoms with Gasteiger partial charge in [0.15, 0.2) is 0 Å². The van der Waals surface area contributed by atoms with Crippen molar-refractivity contribution in [3.63, 3.8) is 0 Å². The number of benzene rings is 1. The van der Waals surface area contributed by atoms with Gasteiger partial charge in [0.2, 0.25) is 5.95 Å². The predicted molar refractivity (Wildman–Crippen MR) is 83.2 cm³/mol. The molecule has 1 heterocycles. The number of amidine groups is 1. The molecule has 104 valence electrons. The molecule has 0 bridgehead atoms. The summed E-state index contributed by atoms with van der Waals surface area (Å²) in [6.45, 7) is 3.87. The molecule has 0 aliphatic carbocycles. The molecule has 0 fully saturated rings. The Labute approximate surface area is 122 Å². The molecule has 3 N–H and O–H groups in total. The summed E-state index contributed by atoms with van der Waals surface area (Å²) in [5.74, 6) is 1.19. The predicted octanol–water partition coefficient (Wildman–Crippen LogP) is 3.06. The van der Waals surface area contributed by atoms with Gasteiger partial charge < -0.3 is 11.1 Å². The maximum Gasteiger partial charge on any atom is 0.227 e. The van der Waals surface area contributed by atoms with Crippen molar-refractivity contribution in [2.45, 2.75) is 13.8 Å². The van der Waals surface area contributed by atoms with Crippen molar-refractivity contribution in [3.05, 3.63) is 41.7 Å². The number of aromatic nitrogens is 2. The number of rotatable bonds is 4. The Morgan fingerprint density at radius 3 is 2.35 bits per heavy atom. The molecule has 0 atom stereocenters.